The second kappa shape index (κ2) is 15.7. The van der Waals surface area contributed by atoms with Crippen LogP contribution in [0.4, 0.5) is 0 Å². The van der Waals surface area contributed by atoms with Crippen LogP contribution in [0.5, 0.6) is 0 Å². The van der Waals surface area contributed by atoms with Crippen LogP contribution in [0.15, 0.2) is 0 Å². The summed E-state index contributed by atoms with van der Waals surface area (Å²) in [6.07, 6.45) is -14.0. The Hall–Kier alpha value is -1.26. The van der Waals surface area contributed by atoms with Gasteiger partial charge in [0.15, 0.2) is 6.29 Å². The molecule has 0 aromatic rings. The quantitative estimate of drug-likeness (QED) is 0.0671. The van der Waals surface area contributed by atoms with E-state index in [1.54, 1.807) is 0 Å². The molecule has 0 spiro atoms. The first-order valence-corrected chi connectivity index (χ1v) is 11.0. The van der Waals surface area contributed by atoms with Crippen molar-refractivity contribution in [2.75, 3.05) is 13.2 Å². The zero-order valence-electron chi connectivity index (χ0n) is 19.7. The summed E-state index contributed by atoms with van der Waals surface area (Å²) in [6.45, 7) is 3.00. The molecule has 0 aromatic carbocycles. The van der Waals surface area contributed by atoms with Crippen molar-refractivity contribution in [2.45, 2.75) is 102 Å². The van der Waals surface area contributed by atoms with E-state index < -0.39 is 73.8 Å². The first-order valence-electron chi connectivity index (χ1n) is 11.0. The summed E-state index contributed by atoms with van der Waals surface area (Å²) >= 11 is 0. The summed E-state index contributed by atoms with van der Waals surface area (Å²) in [7, 11) is 0. The molecule has 8 atom stereocenters. The largest absolute Gasteiger partial charge is 0.433 e. The Morgan fingerprint density at radius 3 is 1.79 bits per heavy atom. The van der Waals surface area contributed by atoms with E-state index in [2.05, 4.69) is 4.74 Å². The van der Waals surface area contributed by atoms with E-state index >= 15 is 0 Å². The summed E-state index contributed by atoms with van der Waals surface area (Å²) in [5, 5.41) is 88.9. The van der Waals surface area contributed by atoms with Crippen molar-refractivity contribution in [3.8, 4) is 0 Å². The zero-order chi connectivity index (χ0) is 26.6. The second-order valence-corrected chi connectivity index (χ2v) is 8.71. The molecule has 0 amide bonds. The third kappa shape index (κ3) is 11.0. The molecule has 0 fully saturated rings. The highest BCUT2D eigenvalue weighted by atomic mass is 16.6. The third-order valence-electron chi connectivity index (χ3n) is 5.43. The summed E-state index contributed by atoms with van der Waals surface area (Å²) < 4.78 is 10.0. The number of ether oxygens (including phenoxy) is 2. The molecule has 0 radical (unpaired) electrons. The van der Waals surface area contributed by atoms with Crippen LogP contribution in [0.1, 0.15) is 52.9 Å². The maximum absolute atomic E-state index is 11.8. The maximum atomic E-state index is 11.8. The standard InChI is InChI=1S/C21H40O13/c1-11(24)5-4-6-14(26)33-19(31)17(29)15(27)12(7-9-22)21(2,3)34-20(32)18(30)16(28)13(25)8-10-23/h12-13,15-20,22-23,25,27-32H,4-10H2,1-3H3. The van der Waals surface area contributed by atoms with Gasteiger partial charge < -0.3 is 60.2 Å². The number of rotatable bonds is 18. The molecule has 8 unspecified atom stereocenters. The molecular formula is C21H40O13. The van der Waals surface area contributed by atoms with Gasteiger partial charge in [-0.15, -0.1) is 0 Å². The fourth-order valence-corrected chi connectivity index (χ4v) is 3.39. The van der Waals surface area contributed by atoms with Gasteiger partial charge in [0, 0.05) is 32.0 Å². The summed E-state index contributed by atoms with van der Waals surface area (Å²) in [5.41, 5.74) is -1.60. The first kappa shape index (κ1) is 32.7. The van der Waals surface area contributed by atoms with Gasteiger partial charge in [-0.05, 0) is 40.0 Å². The fourth-order valence-electron chi connectivity index (χ4n) is 3.39. The van der Waals surface area contributed by atoms with Crippen molar-refractivity contribution in [3.63, 3.8) is 0 Å². The molecule has 0 aromatic heterocycles. The van der Waals surface area contributed by atoms with Gasteiger partial charge in [0.05, 0.1) is 17.8 Å². The number of aliphatic hydroxyl groups excluding tert-OH is 9. The van der Waals surface area contributed by atoms with E-state index in [-0.39, 0.29) is 37.9 Å². The van der Waals surface area contributed by atoms with Crippen LogP contribution in [0.2, 0.25) is 0 Å². The van der Waals surface area contributed by atoms with Gasteiger partial charge in [-0.3, -0.25) is 4.79 Å². The Kier molecular flexibility index (Phi) is 15.1. The van der Waals surface area contributed by atoms with Crippen LogP contribution in [-0.4, -0.2) is 120 Å². The number of esters is 1. The van der Waals surface area contributed by atoms with Crippen LogP contribution in [-0.2, 0) is 19.1 Å². The molecule has 0 aliphatic heterocycles. The van der Waals surface area contributed by atoms with Crippen molar-refractivity contribution in [1.29, 1.82) is 0 Å². The smallest absolute Gasteiger partial charge is 0.308 e. The lowest BCUT2D eigenvalue weighted by atomic mass is 9.81. The first-order chi connectivity index (χ1) is 15.7. The molecule has 9 N–H and O–H groups in total. The average Bonchev–Trinajstić information content (AvgIpc) is 2.74. The number of carbonyl (C=O) groups excluding carboxylic acids is 2. The van der Waals surface area contributed by atoms with Crippen molar-refractivity contribution in [1.82, 2.24) is 0 Å². The average molecular weight is 501 g/mol. The minimum atomic E-state index is -2.15. The van der Waals surface area contributed by atoms with Crippen molar-refractivity contribution in [2.24, 2.45) is 5.92 Å². The molecule has 0 heterocycles. The minimum Gasteiger partial charge on any atom is -0.433 e. The Morgan fingerprint density at radius 2 is 1.29 bits per heavy atom. The van der Waals surface area contributed by atoms with Crippen molar-refractivity contribution >= 4 is 11.8 Å². The van der Waals surface area contributed by atoms with E-state index in [1.165, 1.54) is 20.8 Å². The number of ketones is 1. The summed E-state index contributed by atoms with van der Waals surface area (Å²) in [6, 6.07) is 0. The highest BCUT2D eigenvalue weighted by molar-refractivity contribution is 5.76. The number of hydrogen-bond acceptors (Lipinski definition) is 13. The van der Waals surface area contributed by atoms with E-state index in [0.717, 1.165) is 0 Å². The van der Waals surface area contributed by atoms with Crippen LogP contribution in [0.3, 0.4) is 0 Å². The lowest BCUT2D eigenvalue weighted by molar-refractivity contribution is -0.268. The fraction of sp³-hybridized carbons (Fsp3) is 0.905. The Bertz CT molecular complexity index is 599. The molecule has 0 bridgehead atoms. The monoisotopic (exact) mass is 500 g/mol. The second-order valence-electron chi connectivity index (χ2n) is 8.71. The Morgan fingerprint density at radius 1 is 0.765 bits per heavy atom. The number of Topliss-reactive ketones (excluding diaryl/α,β-unsaturated/α-hetero) is 1. The SMILES string of the molecule is CC(=O)CCCC(=O)OC(O)C(O)C(O)C(CCO)C(C)(C)OC(O)C(O)C(O)C(O)CCO. The lowest BCUT2D eigenvalue weighted by Crippen LogP contribution is -2.54. The van der Waals surface area contributed by atoms with Gasteiger partial charge in [-0.25, -0.2) is 0 Å². The molecule has 0 rings (SSSR count). The molecule has 0 saturated carbocycles. The number of hydrogen-bond donors (Lipinski definition) is 9. The van der Waals surface area contributed by atoms with E-state index in [4.69, 9.17) is 9.84 Å². The highest BCUT2D eigenvalue weighted by Crippen LogP contribution is 2.32. The normalized spacial score (nSPS) is 19.4. The molecule has 34 heavy (non-hydrogen) atoms. The van der Waals surface area contributed by atoms with Gasteiger partial charge in [-0.1, -0.05) is 0 Å². The van der Waals surface area contributed by atoms with Crippen molar-refractivity contribution < 1.29 is 65.0 Å². The van der Waals surface area contributed by atoms with Crippen LogP contribution >= 0.6 is 0 Å². The Labute approximate surface area is 198 Å². The van der Waals surface area contributed by atoms with Crippen LogP contribution in [0, 0.1) is 5.92 Å². The minimum absolute atomic E-state index is 0.125. The zero-order valence-corrected chi connectivity index (χ0v) is 19.7. The third-order valence-corrected chi connectivity index (χ3v) is 5.43. The molecule has 202 valence electrons. The molecule has 0 aliphatic rings. The van der Waals surface area contributed by atoms with Gasteiger partial charge >= 0.3 is 5.97 Å². The highest BCUT2D eigenvalue weighted by Gasteiger charge is 2.44. The predicted molar refractivity (Wildman–Crippen MR) is 115 cm³/mol. The Balaban J connectivity index is 5.23. The molecule has 13 nitrogen and oxygen atoms in total. The molecule has 0 saturated heterocycles. The van der Waals surface area contributed by atoms with E-state index in [9.17, 15) is 50.4 Å². The molecule has 0 aliphatic carbocycles. The summed E-state index contributed by atoms with van der Waals surface area (Å²) in [5.74, 6) is -2.25. The van der Waals surface area contributed by atoms with E-state index in [1.807, 2.05) is 0 Å². The van der Waals surface area contributed by atoms with Gasteiger partial charge in [0.25, 0.3) is 0 Å². The topological polar surface area (TPSA) is 235 Å². The molecular weight excluding hydrogens is 460 g/mol. The van der Waals surface area contributed by atoms with Gasteiger partial charge in [0.2, 0.25) is 6.29 Å². The van der Waals surface area contributed by atoms with Crippen molar-refractivity contribution in [3.05, 3.63) is 0 Å². The predicted octanol–water partition coefficient (Wildman–Crippen LogP) is -3.09. The lowest BCUT2D eigenvalue weighted by Gasteiger charge is -2.41. The van der Waals surface area contributed by atoms with Gasteiger partial charge in [-0.2, -0.15) is 0 Å². The van der Waals surface area contributed by atoms with Gasteiger partial charge in [0.1, 0.15) is 24.1 Å². The van der Waals surface area contributed by atoms with E-state index in [0.29, 0.717) is 0 Å². The maximum Gasteiger partial charge on any atom is 0.308 e. The number of aliphatic hydroxyl groups is 9. The van der Waals surface area contributed by atoms with Crippen LogP contribution < -0.4 is 0 Å². The summed E-state index contributed by atoms with van der Waals surface area (Å²) in [4.78, 5) is 22.7. The van der Waals surface area contributed by atoms with Crippen LogP contribution in [0.25, 0.3) is 0 Å². The molecule has 13 heteroatoms. The number of carbonyl (C=O) groups is 2.